The van der Waals surface area contributed by atoms with Crippen molar-refractivity contribution in [1.82, 2.24) is 9.97 Å². The minimum atomic E-state index is -4.68. The number of carbonyl (C=O) groups excluding carboxylic acids is 1. The largest absolute Gasteiger partial charge is 0.497 e. The first-order valence-electron chi connectivity index (χ1n) is 9.35. The molecule has 1 heterocycles. The van der Waals surface area contributed by atoms with Gasteiger partial charge in [0.05, 0.1) is 7.11 Å². The summed E-state index contributed by atoms with van der Waals surface area (Å²) in [6, 6.07) is 13.0. The number of halogens is 3. The van der Waals surface area contributed by atoms with Crippen molar-refractivity contribution in [3.05, 3.63) is 72.4 Å². The van der Waals surface area contributed by atoms with Gasteiger partial charge in [0.15, 0.2) is 0 Å². The van der Waals surface area contributed by atoms with Gasteiger partial charge in [0.2, 0.25) is 5.95 Å². The molecular formula is C22H20F3N5O2. The number of hydrogen-bond donors (Lipinski definition) is 3. The topological polar surface area (TPSA) is 88.2 Å². The fraction of sp³-hybridized carbons (Fsp3) is 0.136. The summed E-state index contributed by atoms with van der Waals surface area (Å²) in [7, 11) is 1.50. The lowest BCUT2D eigenvalue weighted by molar-refractivity contribution is -0.137. The van der Waals surface area contributed by atoms with Gasteiger partial charge in [-0.1, -0.05) is 18.7 Å². The highest BCUT2D eigenvalue weighted by Crippen LogP contribution is 2.35. The van der Waals surface area contributed by atoms with E-state index in [1.807, 2.05) is 0 Å². The molecular weight excluding hydrogens is 423 g/mol. The summed E-state index contributed by atoms with van der Waals surface area (Å²) in [5, 5.41) is 8.13. The highest BCUT2D eigenvalue weighted by molar-refractivity contribution is 6.03. The number of ether oxygens (including phenoxy) is 1. The van der Waals surface area contributed by atoms with Crippen LogP contribution in [0.1, 0.15) is 12.5 Å². The molecule has 166 valence electrons. The van der Waals surface area contributed by atoms with Gasteiger partial charge < -0.3 is 20.7 Å². The Bertz CT molecular complexity index is 1150. The van der Waals surface area contributed by atoms with Crippen LogP contribution in [0.15, 0.2) is 66.9 Å². The SMILES string of the molecule is C=C(C)C(=O)Nc1cccc(Nc2nc(Nc3cccc(OC)c3)ncc2C(F)(F)F)c1. The second kappa shape index (κ2) is 9.38. The van der Waals surface area contributed by atoms with E-state index in [1.54, 1.807) is 49.4 Å². The van der Waals surface area contributed by atoms with Crippen LogP contribution >= 0.6 is 0 Å². The van der Waals surface area contributed by atoms with Crippen molar-refractivity contribution >= 4 is 34.7 Å². The molecule has 0 bridgehead atoms. The molecule has 0 spiro atoms. The molecule has 1 aromatic heterocycles. The van der Waals surface area contributed by atoms with E-state index < -0.39 is 23.5 Å². The molecule has 3 rings (SSSR count). The Kier molecular flexibility index (Phi) is 6.62. The molecule has 0 aliphatic carbocycles. The quantitative estimate of drug-likeness (QED) is 0.418. The van der Waals surface area contributed by atoms with Crippen LogP contribution in [0.25, 0.3) is 0 Å². The summed E-state index contributed by atoms with van der Waals surface area (Å²) in [6.45, 7) is 5.10. The maximum Gasteiger partial charge on any atom is 0.421 e. The zero-order chi connectivity index (χ0) is 23.3. The molecule has 0 atom stereocenters. The predicted molar refractivity (Wildman–Crippen MR) is 116 cm³/mol. The molecule has 3 N–H and O–H groups in total. The molecule has 2 aromatic carbocycles. The van der Waals surface area contributed by atoms with E-state index in [-0.39, 0.29) is 5.95 Å². The Morgan fingerprint density at radius 1 is 1.03 bits per heavy atom. The summed E-state index contributed by atoms with van der Waals surface area (Å²) in [4.78, 5) is 19.6. The number of anilines is 5. The fourth-order valence-electron chi connectivity index (χ4n) is 2.62. The number of nitrogens with zero attached hydrogens (tertiary/aromatic N) is 2. The van der Waals surface area contributed by atoms with E-state index in [0.29, 0.717) is 34.6 Å². The number of amides is 1. The molecule has 0 saturated carbocycles. The number of hydrogen-bond acceptors (Lipinski definition) is 6. The van der Waals surface area contributed by atoms with Gasteiger partial charge in [-0.2, -0.15) is 18.2 Å². The summed E-state index contributed by atoms with van der Waals surface area (Å²) >= 11 is 0. The lowest BCUT2D eigenvalue weighted by Crippen LogP contribution is -2.13. The van der Waals surface area contributed by atoms with Gasteiger partial charge >= 0.3 is 6.18 Å². The Morgan fingerprint density at radius 3 is 2.34 bits per heavy atom. The van der Waals surface area contributed by atoms with Crippen LogP contribution in [0.2, 0.25) is 0 Å². The van der Waals surface area contributed by atoms with Crippen molar-refractivity contribution in [2.24, 2.45) is 0 Å². The zero-order valence-electron chi connectivity index (χ0n) is 17.2. The first-order chi connectivity index (χ1) is 15.2. The zero-order valence-corrected chi connectivity index (χ0v) is 17.2. The van der Waals surface area contributed by atoms with Gasteiger partial charge in [0.1, 0.15) is 17.1 Å². The van der Waals surface area contributed by atoms with Gasteiger partial charge in [0.25, 0.3) is 5.91 Å². The Hall–Kier alpha value is -4.08. The van der Waals surface area contributed by atoms with Crippen molar-refractivity contribution in [3.8, 4) is 5.75 Å². The molecule has 3 aromatic rings. The van der Waals surface area contributed by atoms with Crippen molar-refractivity contribution in [3.63, 3.8) is 0 Å². The van der Waals surface area contributed by atoms with Crippen molar-refractivity contribution in [1.29, 1.82) is 0 Å². The van der Waals surface area contributed by atoms with E-state index >= 15 is 0 Å². The highest BCUT2D eigenvalue weighted by atomic mass is 19.4. The predicted octanol–water partition coefficient (Wildman–Crippen LogP) is 5.51. The van der Waals surface area contributed by atoms with Gasteiger partial charge in [-0.05, 0) is 37.3 Å². The Labute approximate surface area is 182 Å². The second-order valence-electron chi connectivity index (χ2n) is 6.75. The fourth-order valence-corrected chi connectivity index (χ4v) is 2.62. The third-order valence-electron chi connectivity index (χ3n) is 4.19. The average molecular weight is 443 g/mol. The minimum Gasteiger partial charge on any atom is -0.497 e. The third kappa shape index (κ3) is 5.75. The van der Waals surface area contributed by atoms with Crippen molar-refractivity contribution in [2.45, 2.75) is 13.1 Å². The number of methoxy groups -OCH3 is 1. The third-order valence-corrected chi connectivity index (χ3v) is 4.19. The number of rotatable bonds is 7. The van der Waals surface area contributed by atoms with Crippen LogP contribution in [-0.4, -0.2) is 23.0 Å². The van der Waals surface area contributed by atoms with Crippen LogP contribution in [-0.2, 0) is 11.0 Å². The standard InChI is InChI=1S/C22H20F3N5O2/c1-13(2)20(31)28-15-7-4-6-14(10-15)27-19-18(22(23,24)25)12-26-21(30-19)29-16-8-5-9-17(11-16)32-3/h4-12H,1H2,2-3H3,(H,28,31)(H2,26,27,29,30). The van der Waals surface area contributed by atoms with Crippen LogP contribution in [0.4, 0.5) is 42.0 Å². The maximum absolute atomic E-state index is 13.5. The number of carbonyl (C=O) groups is 1. The van der Waals surface area contributed by atoms with E-state index in [4.69, 9.17) is 4.74 Å². The van der Waals surface area contributed by atoms with E-state index in [1.165, 1.54) is 13.2 Å². The average Bonchev–Trinajstić information content (AvgIpc) is 2.73. The summed E-state index contributed by atoms with van der Waals surface area (Å²) < 4.78 is 45.7. The molecule has 0 fully saturated rings. The first-order valence-corrected chi connectivity index (χ1v) is 9.35. The highest BCUT2D eigenvalue weighted by Gasteiger charge is 2.35. The summed E-state index contributed by atoms with van der Waals surface area (Å²) in [6.07, 6.45) is -3.98. The maximum atomic E-state index is 13.5. The van der Waals surface area contributed by atoms with Crippen molar-refractivity contribution in [2.75, 3.05) is 23.1 Å². The van der Waals surface area contributed by atoms with Crippen molar-refractivity contribution < 1.29 is 22.7 Å². The molecule has 32 heavy (non-hydrogen) atoms. The van der Waals surface area contributed by atoms with E-state index in [0.717, 1.165) is 0 Å². The van der Waals surface area contributed by atoms with Gasteiger partial charge in [-0.3, -0.25) is 4.79 Å². The van der Waals surface area contributed by atoms with Crippen LogP contribution in [0, 0.1) is 0 Å². The molecule has 0 unspecified atom stereocenters. The van der Waals surface area contributed by atoms with E-state index in [9.17, 15) is 18.0 Å². The summed E-state index contributed by atoms with van der Waals surface area (Å²) in [5.74, 6) is -0.319. The van der Waals surface area contributed by atoms with Crippen LogP contribution < -0.4 is 20.7 Å². The molecule has 10 heteroatoms. The number of benzene rings is 2. The van der Waals surface area contributed by atoms with Gasteiger partial charge in [-0.15, -0.1) is 0 Å². The molecule has 7 nitrogen and oxygen atoms in total. The molecule has 0 saturated heterocycles. The van der Waals surface area contributed by atoms with Crippen LogP contribution in [0.3, 0.4) is 0 Å². The second-order valence-corrected chi connectivity index (χ2v) is 6.75. The number of alkyl halides is 3. The smallest absolute Gasteiger partial charge is 0.421 e. The number of nitrogens with one attached hydrogen (secondary N) is 3. The Morgan fingerprint density at radius 2 is 1.69 bits per heavy atom. The molecule has 1 amide bonds. The lowest BCUT2D eigenvalue weighted by atomic mass is 10.2. The normalized spacial score (nSPS) is 10.9. The number of aromatic nitrogens is 2. The first kappa shape index (κ1) is 22.6. The minimum absolute atomic E-state index is 0.0412. The monoisotopic (exact) mass is 443 g/mol. The van der Waals surface area contributed by atoms with Crippen LogP contribution in [0.5, 0.6) is 5.75 Å². The molecule has 0 aliphatic rings. The van der Waals surface area contributed by atoms with E-state index in [2.05, 4.69) is 32.5 Å². The Balaban J connectivity index is 1.91. The van der Waals surface area contributed by atoms with Gasteiger partial charge in [-0.25, -0.2) is 4.98 Å². The van der Waals surface area contributed by atoms with Gasteiger partial charge in [0, 0.05) is 34.9 Å². The molecule has 0 aliphatic heterocycles. The lowest BCUT2D eigenvalue weighted by Gasteiger charge is -2.15. The molecule has 0 radical (unpaired) electrons. The summed E-state index contributed by atoms with van der Waals surface area (Å²) in [5.41, 5.74) is 0.484.